The second-order valence-electron chi connectivity index (χ2n) is 11.3. The Hall–Kier alpha value is -3.27. The van der Waals surface area contributed by atoms with E-state index < -0.39 is 75.5 Å². The van der Waals surface area contributed by atoms with Gasteiger partial charge in [0.1, 0.15) is 29.2 Å². The molecule has 4 rings (SSSR count). The third-order valence-electron chi connectivity index (χ3n) is 6.56. The van der Waals surface area contributed by atoms with Gasteiger partial charge >= 0.3 is 5.97 Å². The Kier molecular flexibility index (Phi) is 9.40. The van der Waals surface area contributed by atoms with E-state index in [0.717, 1.165) is 16.3 Å². The van der Waals surface area contributed by atoms with E-state index in [9.17, 15) is 32.4 Å². The summed E-state index contributed by atoms with van der Waals surface area (Å²) in [7, 11) is -3.83. The largest absolute Gasteiger partial charge is 0.460 e. The topological polar surface area (TPSA) is 185 Å². The fourth-order valence-electron chi connectivity index (χ4n) is 4.88. The van der Waals surface area contributed by atoms with Crippen LogP contribution in [0.3, 0.4) is 0 Å². The molecular formula is C26H31Cl2N5O9S. The van der Waals surface area contributed by atoms with E-state index in [1.165, 1.54) is 12.1 Å². The van der Waals surface area contributed by atoms with Crippen molar-refractivity contribution in [3.05, 3.63) is 28.1 Å². The molecule has 3 atom stereocenters. The molecule has 1 aromatic carbocycles. The lowest BCUT2D eigenvalue weighted by atomic mass is 10.0. The van der Waals surface area contributed by atoms with Gasteiger partial charge < -0.3 is 14.5 Å². The molecule has 0 bridgehead atoms. The van der Waals surface area contributed by atoms with Crippen molar-refractivity contribution in [2.24, 2.45) is 0 Å². The van der Waals surface area contributed by atoms with Crippen LogP contribution in [0.15, 0.2) is 16.5 Å². The molecule has 234 valence electrons. The molecule has 2 aliphatic rings. The van der Waals surface area contributed by atoms with Crippen molar-refractivity contribution in [1.82, 2.24) is 25.0 Å². The number of ketones is 1. The van der Waals surface area contributed by atoms with E-state index in [1.807, 2.05) is 0 Å². The predicted molar refractivity (Wildman–Crippen MR) is 153 cm³/mol. The Morgan fingerprint density at radius 2 is 1.88 bits per heavy atom. The molecule has 3 unspecified atom stereocenters. The third-order valence-corrected chi connectivity index (χ3v) is 7.78. The van der Waals surface area contributed by atoms with Crippen LogP contribution >= 0.6 is 23.2 Å². The smallest absolute Gasteiger partial charge is 0.308 e. The number of ether oxygens (including phenoxy) is 1. The number of amides is 3. The number of hydrogen-bond donors (Lipinski definition) is 2. The van der Waals surface area contributed by atoms with Gasteiger partial charge in [0.05, 0.1) is 17.7 Å². The van der Waals surface area contributed by atoms with Crippen molar-refractivity contribution < 1.29 is 41.5 Å². The number of fused-ring (bicyclic) bond motifs is 2. The van der Waals surface area contributed by atoms with E-state index in [-0.39, 0.29) is 47.0 Å². The number of aromatic nitrogens is 1. The van der Waals surface area contributed by atoms with Crippen LogP contribution in [0.4, 0.5) is 0 Å². The molecular weight excluding hydrogens is 629 g/mol. The number of rotatable bonds is 8. The highest BCUT2D eigenvalue weighted by Gasteiger charge is 2.45. The van der Waals surface area contributed by atoms with Gasteiger partial charge in [-0.05, 0) is 52.2 Å². The minimum atomic E-state index is -3.83. The maximum absolute atomic E-state index is 13.7. The monoisotopic (exact) mass is 659 g/mol. The molecule has 0 radical (unpaired) electrons. The molecule has 17 heteroatoms. The summed E-state index contributed by atoms with van der Waals surface area (Å²) in [5.41, 5.74) is -0.664. The van der Waals surface area contributed by atoms with Gasteiger partial charge in [0.2, 0.25) is 27.6 Å². The lowest BCUT2D eigenvalue weighted by Crippen LogP contribution is -2.64. The van der Waals surface area contributed by atoms with Crippen LogP contribution in [0.2, 0.25) is 10.0 Å². The van der Waals surface area contributed by atoms with E-state index in [4.69, 9.17) is 32.4 Å². The Labute approximate surface area is 257 Å². The maximum atomic E-state index is 13.7. The highest BCUT2D eigenvalue weighted by atomic mass is 35.5. The quantitative estimate of drug-likeness (QED) is 0.313. The first kappa shape index (κ1) is 32.6. The second-order valence-corrected chi connectivity index (χ2v) is 13.9. The SMILES string of the molecule is CC(C)(C)OC(=O)CC(NC(=O)C1CCCN2C(=O)CCC(NS(C)(=O)=O)C(=O)N12)C(=O)c1nc2cc(Cl)cc(Cl)c2o1. The summed E-state index contributed by atoms with van der Waals surface area (Å²) in [6.07, 6.45) is 0.468. The Morgan fingerprint density at radius 3 is 2.53 bits per heavy atom. The number of Topliss-reactive ketones (excluding diaryl/α,β-unsaturated/α-hetero) is 1. The zero-order valence-corrected chi connectivity index (χ0v) is 26.1. The molecule has 3 heterocycles. The molecule has 2 saturated heterocycles. The van der Waals surface area contributed by atoms with Crippen LogP contribution in [0.5, 0.6) is 0 Å². The minimum Gasteiger partial charge on any atom is -0.460 e. The number of hydrazine groups is 1. The third kappa shape index (κ3) is 7.82. The number of sulfonamides is 1. The number of nitrogens with one attached hydrogen (secondary N) is 2. The van der Waals surface area contributed by atoms with Crippen molar-refractivity contribution >= 4 is 73.8 Å². The highest BCUT2D eigenvalue weighted by molar-refractivity contribution is 7.88. The molecule has 2 aromatic rings. The summed E-state index contributed by atoms with van der Waals surface area (Å²) in [5, 5.41) is 4.89. The van der Waals surface area contributed by atoms with Gasteiger partial charge in [-0.15, -0.1) is 0 Å². The van der Waals surface area contributed by atoms with E-state index in [1.54, 1.807) is 20.8 Å². The van der Waals surface area contributed by atoms with Gasteiger partial charge in [-0.25, -0.2) is 23.1 Å². The van der Waals surface area contributed by atoms with E-state index in [0.29, 0.717) is 6.42 Å². The summed E-state index contributed by atoms with van der Waals surface area (Å²) < 4.78 is 37.0. The average molecular weight is 661 g/mol. The highest BCUT2D eigenvalue weighted by Crippen LogP contribution is 2.30. The first-order valence-corrected chi connectivity index (χ1v) is 16.0. The zero-order valence-electron chi connectivity index (χ0n) is 23.8. The fraction of sp³-hybridized carbons (Fsp3) is 0.538. The first-order chi connectivity index (χ1) is 19.9. The number of hydrogen-bond acceptors (Lipinski definition) is 10. The molecule has 3 amide bonds. The lowest BCUT2D eigenvalue weighted by Gasteiger charge is -2.43. The summed E-state index contributed by atoms with van der Waals surface area (Å²) in [5.74, 6) is -4.28. The summed E-state index contributed by atoms with van der Waals surface area (Å²) >= 11 is 12.2. The molecule has 0 saturated carbocycles. The van der Waals surface area contributed by atoms with E-state index >= 15 is 0 Å². The Balaban J connectivity index is 1.65. The molecule has 43 heavy (non-hydrogen) atoms. The van der Waals surface area contributed by atoms with Gasteiger partial charge in [-0.3, -0.25) is 29.0 Å². The Bertz CT molecular complexity index is 1590. The van der Waals surface area contributed by atoms with Crippen LogP contribution in [0.1, 0.15) is 63.6 Å². The fourth-order valence-corrected chi connectivity index (χ4v) is 6.14. The molecule has 2 fully saturated rings. The summed E-state index contributed by atoms with van der Waals surface area (Å²) in [6, 6.07) is -1.32. The van der Waals surface area contributed by atoms with Crippen LogP contribution in [-0.4, -0.2) is 89.4 Å². The summed E-state index contributed by atoms with van der Waals surface area (Å²) in [4.78, 5) is 70.6. The minimum absolute atomic E-state index is 0.0674. The molecule has 14 nitrogen and oxygen atoms in total. The normalized spacial score (nSPS) is 20.4. The van der Waals surface area contributed by atoms with Crippen LogP contribution in [0, 0.1) is 0 Å². The second kappa shape index (κ2) is 12.4. The van der Waals surface area contributed by atoms with Crippen molar-refractivity contribution in [3.8, 4) is 0 Å². The average Bonchev–Trinajstić information content (AvgIpc) is 3.27. The van der Waals surface area contributed by atoms with Gasteiger partial charge in [-0.2, -0.15) is 0 Å². The summed E-state index contributed by atoms with van der Waals surface area (Å²) in [6.45, 7) is 5.03. The van der Waals surface area contributed by atoms with Gasteiger partial charge in [0.15, 0.2) is 5.58 Å². The number of esters is 1. The standard InChI is InChI=1S/C26H31Cl2N5O9S/c1-26(2,3)42-20(35)12-16(21(36)24-30-17-11-13(27)10-14(28)22(17)41-24)29-23(37)18-6-5-9-32-19(34)8-7-15(25(38)33(18)32)31-43(4,39)40/h10-11,15-16,18,31H,5-9,12H2,1-4H3,(H,29,37). The number of nitrogens with zero attached hydrogens (tertiary/aromatic N) is 3. The van der Waals surface area contributed by atoms with Gasteiger partial charge in [-0.1, -0.05) is 23.2 Å². The van der Waals surface area contributed by atoms with Gasteiger partial charge in [0, 0.05) is 18.0 Å². The molecule has 2 aliphatic heterocycles. The molecule has 0 aliphatic carbocycles. The Morgan fingerprint density at radius 1 is 1.19 bits per heavy atom. The predicted octanol–water partition coefficient (Wildman–Crippen LogP) is 1.98. The lowest BCUT2D eigenvalue weighted by molar-refractivity contribution is -0.176. The number of carbonyl (C=O) groups is 5. The zero-order chi connectivity index (χ0) is 31.9. The molecule has 2 N–H and O–H groups in total. The first-order valence-electron chi connectivity index (χ1n) is 13.4. The van der Waals surface area contributed by atoms with Crippen molar-refractivity contribution in [3.63, 3.8) is 0 Å². The maximum Gasteiger partial charge on any atom is 0.308 e. The number of halogens is 2. The van der Waals surface area contributed by atoms with Gasteiger partial charge in [0.25, 0.3) is 11.8 Å². The van der Waals surface area contributed by atoms with E-state index in [2.05, 4.69) is 15.0 Å². The van der Waals surface area contributed by atoms with Crippen molar-refractivity contribution in [2.75, 3.05) is 12.8 Å². The van der Waals surface area contributed by atoms with Crippen molar-refractivity contribution in [1.29, 1.82) is 0 Å². The number of benzene rings is 1. The van der Waals surface area contributed by atoms with Crippen molar-refractivity contribution in [2.45, 2.75) is 76.6 Å². The van der Waals surface area contributed by atoms with Crippen LogP contribution in [0.25, 0.3) is 11.1 Å². The van der Waals surface area contributed by atoms with Crippen LogP contribution in [-0.2, 0) is 33.9 Å². The van der Waals surface area contributed by atoms with Crippen LogP contribution < -0.4 is 10.0 Å². The molecule has 1 aromatic heterocycles. The number of carbonyl (C=O) groups excluding carboxylic acids is 5. The number of oxazole rings is 1. The molecule has 0 spiro atoms.